The van der Waals surface area contributed by atoms with Crippen molar-refractivity contribution in [2.45, 2.75) is 38.8 Å². The minimum Gasteiger partial charge on any atom is -0.494 e. The summed E-state index contributed by atoms with van der Waals surface area (Å²) >= 11 is 0. The summed E-state index contributed by atoms with van der Waals surface area (Å²) in [5.41, 5.74) is 1.19. The van der Waals surface area contributed by atoms with Crippen molar-refractivity contribution >= 4 is 5.96 Å². The van der Waals surface area contributed by atoms with Crippen LogP contribution in [0.3, 0.4) is 0 Å². The van der Waals surface area contributed by atoms with Gasteiger partial charge >= 0.3 is 0 Å². The molecule has 1 aliphatic carbocycles. The van der Waals surface area contributed by atoms with Crippen LogP contribution in [0.1, 0.15) is 31.7 Å². The van der Waals surface area contributed by atoms with Crippen LogP contribution in [-0.2, 0) is 6.54 Å². The van der Waals surface area contributed by atoms with Crippen LogP contribution >= 0.6 is 0 Å². The lowest BCUT2D eigenvalue weighted by Gasteiger charge is -2.17. The van der Waals surface area contributed by atoms with E-state index in [-0.39, 0.29) is 0 Å². The predicted octanol–water partition coefficient (Wildman–Crippen LogP) is 2.86. The van der Waals surface area contributed by atoms with Crippen LogP contribution in [0, 0.1) is 0 Å². The molecule has 114 valence electrons. The molecule has 0 aliphatic heterocycles. The molecule has 0 radical (unpaired) electrons. The van der Waals surface area contributed by atoms with Gasteiger partial charge < -0.3 is 15.4 Å². The summed E-state index contributed by atoms with van der Waals surface area (Å²) in [5, 5.41) is 6.78. The maximum absolute atomic E-state index is 5.65. The molecular weight excluding hydrogens is 262 g/mol. The smallest absolute Gasteiger partial charge is 0.191 e. The Hall–Kier alpha value is -1.97. The normalized spacial score (nSPS) is 15.2. The van der Waals surface area contributed by atoms with Crippen LogP contribution < -0.4 is 15.4 Å². The van der Waals surface area contributed by atoms with Crippen molar-refractivity contribution in [2.24, 2.45) is 4.99 Å². The summed E-state index contributed by atoms with van der Waals surface area (Å²) in [7, 11) is 1.80. The third kappa shape index (κ3) is 5.14. The molecular formula is C17H25N3O. The number of rotatable bonds is 6. The average molecular weight is 287 g/mol. The van der Waals surface area contributed by atoms with E-state index in [0.29, 0.717) is 6.04 Å². The fourth-order valence-electron chi connectivity index (χ4n) is 2.27. The Morgan fingerprint density at radius 1 is 1.33 bits per heavy atom. The van der Waals surface area contributed by atoms with E-state index in [4.69, 9.17) is 4.74 Å². The van der Waals surface area contributed by atoms with E-state index in [0.717, 1.165) is 44.1 Å². The summed E-state index contributed by atoms with van der Waals surface area (Å²) < 4.78 is 5.65. The second-order valence-corrected chi connectivity index (χ2v) is 5.21. The SMILES string of the molecule is CCCOc1cccc(CNC(=NC)NC2CC=CC2)c1. The van der Waals surface area contributed by atoms with E-state index in [1.807, 2.05) is 12.1 Å². The van der Waals surface area contributed by atoms with Gasteiger partial charge in [-0.25, -0.2) is 0 Å². The molecule has 2 N–H and O–H groups in total. The first kappa shape index (κ1) is 15.4. The summed E-state index contributed by atoms with van der Waals surface area (Å²) in [4.78, 5) is 4.27. The molecule has 0 saturated carbocycles. The Labute approximate surface area is 127 Å². The first-order chi connectivity index (χ1) is 10.3. The van der Waals surface area contributed by atoms with E-state index in [9.17, 15) is 0 Å². The second kappa shape index (κ2) is 8.35. The van der Waals surface area contributed by atoms with Gasteiger partial charge in [0.2, 0.25) is 0 Å². The van der Waals surface area contributed by atoms with Gasteiger partial charge in [0, 0.05) is 19.6 Å². The topological polar surface area (TPSA) is 45.6 Å². The number of guanidine groups is 1. The molecule has 0 fully saturated rings. The lowest BCUT2D eigenvalue weighted by Crippen LogP contribution is -2.42. The van der Waals surface area contributed by atoms with Crippen LogP contribution in [0.25, 0.3) is 0 Å². The standard InChI is InChI=1S/C17H25N3O/c1-3-11-21-16-10-6-7-14(12-16)13-19-17(18-2)20-15-8-4-5-9-15/h4-7,10,12,15H,3,8-9,11,13H2,1-2H3,(H2,18,19,20). The predicted molar refractivity (Wildman–Crippen MR) is 87.7 cm³/mol. The highest BCUT2D eigenvalue weighted by Gasteiger charge is 2.11. The largest absolute Gasteiger partial charge is 0.494 e. The quantitative estimate of drug-likeness (QED) is 0.480. The molecule has 1 aromatic rings. The molecule has 0 amide bonds. The minimum absolute atomic E-state index is 0.468. The van der Waals surface area contributed by atoms with Gasteiger partial charge in [0.05, 0.1) is 6.61 Å². The Bertz CT molecular complexity index is 489. The zero-order valence-corrected chi connectivity index (χ0v) is 12.9. The maximum atomic E-state index is 5.65. The molecule has 0 aromatic heterocycles. The summed E-state index contributed by atoms with van der Waals surface area (Å²) in [6.45, 7) is 3.61. The van der Waals surface area contributed by atoms with E-state index in [2.05, 4.69) is 46.8 Å². The van der Waals surface area contributed by atoms with Gasteiger partial charge in [-0.2, -0.15) is 0 Å². The van der Waals surface area contributed by atoms with Gasteiger partial charge in [-0.15, -0.1) is 0 Å². The molecule has 0 saturated heterocycles. The van der Waals surface area contributed by atoms with Gasteiger partial charge in [-0.05, 0) is 37.0 Å². The molecule has 0 spiro atoms. The molecule has 1 aliphatic rings. The van der Waals surface area contributed by atoms with Crippen LogP contribution in [0.4, 0.5) is 0 Å². The van der Waals surface area contributed by atoms with Crippen LogP contribution in [-0.4, -0.2) is 25.7 Å². The molecule has 4 heteroatoms. The second-order valence-electron chi connectivity index (χ2n) is 5.21. The zero-order valence-electron chi connectivity index (χ0n) is 12.9. The average Bonchev–Trinajstić information content (AvgIpc) is 3.02. The van der Waals surface area contributed by atoms with Crippen molar-refractivity contribution in [2.75, 3.05) is 13.7 Å². The third-order valence-corrected chi connectivity index (χ3v) is 3.40. The fourth-order valence-corrected chi connectivity index (χ4v) is 2.27. The Balaban J connectivity index is 1.83. The summed E-state index contributed by atoms with van der Waals surface area (Å²) in [6, 6.07) is 8.66. The number of aliphatic imine (C=N–C) groups is 1. The monoisotopic (exact) mass is 287 g/mol. The van der Waals surface area contributed by atoms with E-state index < -0.39 is 0 Å². The highest BCUT2D eigenvalue weighted by Crippen LogP contribution is 2.13. The van der Waals surface area contributed by atoms with Crippen molar-refractivity contribution in [1.82, 2.24) is 10.6 Å². The van der Waals surface area contributed by atoms with Crippen molar-refractivity contribution in [3.63, 3.8) is 0 Å². The zero-order chi connectivity index (χ0) is 14.9. The van der Waals surface area contributed by atoms with Gasteiger partial charge in [-0.1, -0.05) is 31.2 Å². The highest BCUT2D eigenvalue weighted by molar-refractivity contribution is 5.80. The lowest BCUT2D eigenvalue weighted by molar-refractivity contribution is 0.317. The van der Waals surface area contributed by atoms with Crippen molar-refractivity contribution in [1.29, 1.82) is 0 Å². The lowest BCUT2D eigenvalue weighted by atomic mass is 10.2. The van der Waals surface area contributed by atoms with Crippen LogP contribution in [0.5, 0.6) is 5.75 Å². The number of ether oxygens (including phenoxy) is 1. The molecule has 2 rings (SSSR count). The van der Waals surface area contributed by atoms with Crippen molar-refractivity contribution in [3.8, 4) is 5.75 Å². The van der Waals surface area contributed by atoms with Gasteiger partial charge in [0.1, 0.15) is 5.75 Å². The molecule has 0 unspecified atom stereocenters. The van der Waals surface area contributed by atoms with Crippen LogP contribution in [0.2, 0.25) is 0 Å². The Morgan fingerprint density at radius 3 is 2.86 bits per heavy atom. The number of nitrogens with one attached hydrogen (secondary N) is 2. The van der Waals surface area contributed by atoms with Gasteiger partial charge in [0.25, 0.3) is 0 Å². The Kier molecular flexibility index (Phi) is 6.13. The first-order valence-electron chi connectivity index (χ1n) is 7.65. The fraction of sp³-hybridized carbons (Fsp3) is 0.471. The molecule has 0 heterocycles. The summed E-state index contributed by atoms with van der Waals surface area (Å²) in [5.74, 6) is 1.78. The Morgan fingerprint density at radius 2 is 2.14 bits per heavy atom. The third-order valence-electron chi connectivity index (χ3n) is 3.40. The van der Waals surface area contributed by atoms with Crippen molar-refractivity contribution in [3.05, 3.63) is 42.0 Å². The number of hydrogen-bond donors (Lipinski definition) is 2. The number of hydrogen-bond acceptors (Lipinski definition) is 2. The molecule has 0 atom stereocenters. The van der Waals surface area contributed by atoms with Gasteiger partial charge in [-0.3, -0.25) is 4.99 Å². The maximum Gasteiger partial charge on any atom is 0.191 e. The molecule has 0 bridgehead atoms. The highest BCUT2D eigenvalue weighted by atomic mass is 16.5. The van der Waals surface area contributed by atoms with E-state index >= 15 is 0 Å². The van der Waals surface area contributed by atoms with Gasteiger partial charge in [0.15, 0.2) is 5.96 Å². The number of nitrogens with zero attached hydrogens (tertiary/aromatic N) is 1. The first-order valence-corrected chi connectivity index (χ1v) is 7.65. The van der Waals surface area contributed by atoms with Crippen molar-refractivity contribution < 1.29 is 4.74 Å². The molecule has 4 nitrogen and oxygen atoms in total. The molecule has 21 heavy (non-hydrogen) atoms. The van der Waals surface area contributed by atoms with Crippen LogP contribution in [0.15, 0.2) is 41.4 Å². The summed E-state index contributed by atoms with van der Waals surface area (Å²) in [6.07, 6.45) is 7.58. The van der Waals surface area contributed by atoms with E-state index in [1.165, 1.54) is 5.56 Å². The minimum atomic E-state index is 0.468. The van der Waals surface area contributed by atoms with E-state index in [1.54, 1.807) is 7.05 Å². The number of benzene rings is 1. The molecule has 1 aromatic carbocycles.